The molecule has 0 aromatic carbocycles. The van der Waals surface area contributed by atoms with Gasteiger partial charge in [-0.2, -0.15) is 4.98 Å². The summed E-state index contributed by atoms with van der Waals surface area (Å²) in [4.78, 5) is 18.6. The van der Waals surface area contributed by atoms with Crippen LogP contribution in [0, 0.1) is 11.3 Å². The number of hydrogen-bond donors (Lipinski definition) is 1. The fourth-order valence-electron chi connectivity index (χ4n) is 5.46. The van der Waals surface area contributed by atoms with Gasteiger partial charge in [-0.3, -0.25) is 15.0 Å². The molecule has 1 aliphatic heterocycles. The first-order valence-corrected chi connectivity index (χ1v) is 11.8. The summed E-state index contributed by atoms with van der Waals surface area (Å²) in [5.41, 5.74) is 0.884. The average molecular weight is 464 g/mol. The molecule has 10 heteroatoms. The zero-order valence-corrected chi connectivity index (χ0v) is 18.4. The maximum absolute atomic E-state index is 13.7. The van der Waals surface area contributed by atoms with Crippen molar-refractivity contribution in [2.24, 2.45) is 11.3 Å². The number of anilines is 1. The molecule has 178 valence electrons. The lowest BCUT2D eigenvalue weighted by atomic mass is 9.65. The molecule has 33 heavy (non-hydrogen) atoms. The molecule has 4 fully saturated rings. The molecule has 2 aromatic heterocycles. The van der Waals surface area contributed by atoms with E-state index in [4.69, 9.17) is 4.74 Å². The molecule has 0 unspecified atom stereocenters. The number of likely N-dealkylation sites (tertiary alicyclic amines) is 1. The van der Waals surface area contributed by atoms with E-state index in [-0.39, 0.29) is 12.6 Å². The molecule has 4 aliphatic rings. The molecule has 3 aliphatic carbocycles. The van der Waals surface area contributed by atoms with Crippen LogP contribution in [0.25, 0.3) is 5.65 Å². The number of pyridine rings is 1. The summed E-state index contributed by atoms with van der Waals surface area (Å²) < 4.78 is 47.3. The average Bonchev–Trinajstić information content (AvgIpc) is 3.59. The third-order valence-electron chi connectivity index (χ3n) is 7.78. The number of fused-ring (bicyclic) bond motifs is 1. The smallest absolute Gasteiger partial charge is 0.260 e. The third-order valence-corrected chi connectivity index (χ3v) is 7.78. The lowest BCUT2D eigenvalue weighted by Crippen LogP contribution is -2.57. The summed E-state index contributed by atoms with van der Waals surface area (Å²) in [5, 5.41) is 6.84. The number of hydrogen-bond acceptors (Lipinski definition) is 5. The third kappa shape index (κ3) is 4.12. The van der Waals surface area contributed by atoms with Crippen LogP contribution >= 0.6 is 0 Å². The first-order chi connectivity index (χ1) is 15.7. The number of amides is 1. The maximum atomic E-state index is 13.7. The van der Waals surface area contributed by atoms with E-state index in [9.17, 15) is 18.0 Å². The van der Waals surface area contributed by atoms with Crippen LogP contribution < -0.4 is 5.32 Å². The molecule has 1 spiro atoms. The van der Waals surface area contributed by atoms with Crippen LogP contribution in [0.2, 0.25) is 0 Å². The van der Waals surface area contributed by atoms with E-state index in [2.05, 4.69) is 20.3 Å². The largest absolute Gasteiger partial charge is 0.363 e. The number of ether oxygens (including phenoxy) is 1. The van der Waals surface area contributed by atoms with E-state index in [0.29, 0.717) is 36.6 Å². The second-order valence-corrected chi connectivity index (χ2v) is 10.6. The first-order valence-electron chi connectivity index (χ1n) is 11.8. The van der Waals surface area contributed by atoms with Gasteiger partial charge < -0.3 is 4.74 Å². The van der Waals surface area contributed by atoms with Gasteiger partial charge in [-0.15, -0.1) is 5.10 Å². The molecular weight excluding hydrogens is 435 g/mol. The molecule has 1 atom stereocenters. The summed E-state index contributed by atoms with van der Waals surface area (Å²) in [6.07, 6.45) is 5.09. The molecule has 1 saturated heterocycles. The number of nitrogens with one attached hydrogen (secondary N) is 1. The summed E-state index contributed by atoms with van der Waals surface area (Å²) in [6, 6.07) is 5.75. The van der Waals surface area contributed by atoms with Crippen LogP contribution in [0.5, 0.6) is 0 Å². The molecule has 1 amide bonds. The summed E-state index contributed by atoms with van der Waals surface area (Å²) in [5.74, 6) is -4.53. The molecule has 2 aromatic rings. The van der Waals surface area contributed by atoms with Crippen molar-refractivity contribution in [2.45, 2.75) is 62.5 Å². The van der Waals surface area contributed by atoms with Gasteiger partial charge in [-0.05, 0) is 56.1 Å². The minimum absolute atomic E-state index is 0.0679. The molecule has 3 heterocycles. The Bertz CT molecular complexity index is 1070. The minimum atomic E-state index is -2.91. The van der Waals surface area contributed by atoms with E-state index in [0.717, 1.165) is 44.5 Å². The molecule has 6 rings (SSSR count). The SMILES string of the molecule is O=C(Nc1nc2cccc(C3CCC4(CC3)CN(COCC3(F)CC3)C4)n2n1)[C@@H]1CC1(F)F. The van der Waals surface area contributed by atoms with Gasteiger partial charge in [0.25, 0.3) is 5.92 Å². The Labute approximate surface area is 189 Å². The molecule has 1 N–H and O–H groups in total. The zero-order chi connectivity index (χ0) is 22.8. The molecule has 3 saturated carbocycles. The Morgan fingerprint density at radius 2 is 1.88 bits per heavy atom. The number of carbonyl (C=O) groups excluding carboxylic acids is 1. The van der Waals surface area contributed by atoms with E-state index < -0.39 is 29.8 Å². The molecule has 0 bridgehead atoms. The lowest BCUT2D eigenvalue weighted by Gasteiger charge is -2.53. The number of nitrogens with zero attached hydrogens (tertiary/aromatic N) is 4. The normalized spacial score (nSPS) is 27.4. The van der Waals surface area contributed by atoms with Gasteiger partial charge in [0.1, 0.15) is 11.6 Å². The van der Waals surface area contributed by atoms with E-state index in [1.807, 2.05) is 12.1 Å². The van der Waals surface area contributed by atoms with Gasteiger partial charge in [0.2, 0.25) is 11.9 Å². The monoisotopic (exact) mass is 463 g/mol. The van der Waals surface area contributed by atoms with Crippen LogP contribution in [0.4, 0.5) is 19.1 Å². The van der Waals surface area contributed by atoms with Crippen molar-refractivity contribution in [1.82, 2.24) is 19.5 Å². The Hall–Kier alpha value is -2.20. The van der Waals surface area contributed by atoms with Gasteiger partial charge in [0.05, 0.1) is 13.3 Å². The fraction of sp³-hybridized carbons (Fsp3) is 0.696. The number of carbonyl (C=O) groups is 1. The summed E-state index contributed by atoms with van der Waals surface area (Å²) in [6.45, 7) is 2.71. The second-order valence-electron chi connectivity index (χ2n) is 10.6. The van der Waals surface area contributed by atoms with Gasteiger partial charge in [0, 0.05) is 31.1 Å². The highest BCUT2D eigenvalue weighted by Crippen LogP contribution is 2.49. The highest BCUT2D eigenvalue weighted by molar-refractivity contribution is 5.94. The molecule has 0 radical (unpaired) electrons. The van der Waals surface area contributed by atoms with Gasteiger partial charge in [-0.25, -0.2) is 17.7 Å². The zero-order valence-electron chi connectivity index (χ0n) is 18.4. The summed E-state index contributed by atoms with van der Waals surface area (Å²) in [7, 11) is 0. The number of rotatable bonds is 7. The van der Waals surface area contributed by atoms with Gasteiger partial charge in [-0.1, -0.05) is 6.07 Å². The number of alkyl halides is 3. The van der Waals surface area contributed by atoms with Crippen molar-refractivity contribution in [2.75, 3.05) is 31.7 Å². The topological polar surface area (TPSA) is 71.8 Å². The summed E-state index contributed by atoms with van der Waals surface area (Å²) >= 11 is 0. The molecular formula is C23H28F3N5O2. The minimum Gasteiger partial charge on any atom is -0.363 e. The predicted molar refractivity (Wildman–Crippen MR) is 114 cm³/mol. The van der Waals surface area contributed by atoms with E-state index >= 15 is 0 Å². The maximum Gasteiger partial charge on any atom is 0.260 e. The van der Waals surface area contributed by atoms with Crippen molar-refractivity contribution >= 4 is 17.5 Å². The lowest BCUT2D eigenvalue weighted by molar-refractivity contribution is -0.119. The van der Waals surface area contributed by atoms with Crippen LogP contribution in [0.1, 0.15) is 56.6 Å². The van der Waals surface area contributed by atoms with Crippen LogP contribution in [0.15, 0.2) is 18.2 Å². The van der Waals surface area contributed by atoms with Crippen molar-refractivity contribution in [3.63, 3.8) is 0 Å². The number of halogens is 3. The highest BCUT2D eigenvalue weighted by Gasteiger charge is 2.61. The van der Waals surface area contributed by atoms with Crippen molar-refractivity contribution < 1.29 is 22.7 Å². The fourth-order valence-corrected chi connectivity index (χ4v) is 5.46. The van der Waals surface area contributed by atoms with Crippen molar-refractivity contribution in [1.29, 1.82) is 0 Å². The number of aromatic nitrogens is 3. The van der Waals surface area contributed by atoms with Crippen molar-refractivity contribution in [3.05, 3.63) is 23.9 Å². The predicted octanol–water partition coefficient (Wildman–Crippen LogP) is 3.76. The van der Waals surface area contributed by atoms with E-state index in [1.54, 1.807) is 10.6 Å². The second kappa shape index (κ2) is 7.40. The Kier molecular flexibility index (Phi) is 4.78. The van der Waals surface area contributed by atoms with Gasteiger partial charge >= 0.3 is 0 Å². The highest BCUT2D eigenvalue weighted by atomic mass is 19.3. The first kappa shape index (κ1) is 21.3. The van der Waals surface area contributed by atoms with Crippen LogP contribution in [-0.2, 0) is 9.53 Å². The quantitative estimate of drug-likeness (QED) is 0.677. The Morgan fingerprint density at radius 1 is 1.15 bits per heavy atom. The van der Waals surface area contributed by atoms with Crippen LogP contribution in [0.3, 0.4) is 0 Å². The Morgan fingerprint density at radius 3 is 2.55 bits per heavy atom. The Balaban J connectivity index is 1.05. The van der Waals surface area contributed by atoms with Gasteiger partial charge in [0.15, 0.2) is 5.65 Å². The standard InChI is InChI=1S/C23H28F3N5O2/c24-22(8-9-22)13-33-14-30-11-21(12-30)6-4-15(5-7-21)17-2-1-3-18-27-20(29-31(17)18)28-19(32)16-10-23(16,25)26/h1-3,15-16H,4-14H2,(H,28,29,32)/t16-/m0/s1. The van der Waals surface area contributed by atoms with Crippen LogP contribution in [-0.4, -0.2) is 63.4 Å². The molecule has 7 nitrogen and oxygen atoms in total. The van der Waals surface area contributed by atoms with E-state index in [1.165, 1.54) is 0 Å². The van der Waals surface area contributed by atoms with Crippen molar-refractivity contribution in [3.8, 4) is 0 Å².